The first-order chi connectivity index (χ1) is 17.0. The van der Waals surface area contributed by atoms with Crippen molar-refractivity contribution < 1.29 is 13.9 Å². The molecule has 1 saturated heterocycles. The highest BCUT2D eigenvalue weighted by atomic mass is 35.5. The Bertz CT molecular complexity index is 1370. The molecule has 1 aliphatic heterocycles. The van der Waals surface area contributed by atoms with Gasteiger partial charge >= 0.3 is 5.63 Å². The summed E-state index contributed by atoms with van der Waals surface area (Å²) in [6.45, 7) is 3.15. The summed E-state index contributed by atoms with van der Waals surface area (Å²) in [5.41, 5.74) is 2.99. The number of ether oxygens (including phenoxy) is 2. The van der Waals surface area contributed by atoms with Gasteiger partial charge in [0.05, 0.1) is 12.7 Å². The van der Waals surface area contributed by atoms with E-state index in [0.717, 1.165) is 40.8 Å². The van der Waals surface area contributed by atoms with Gasteiger partial charge in [0.25, 0.3) is 0 Å². The molecule has 6 heteroatoms. The molecule has 1 N–H and O–H groups in total. The number of methoxy groups -OCH3 is 1. The first kappa shape index (κ1) is 23.5. The maximum Gasteiger partial charge on any atom is 0.344 e. The summed E-state index contributed by atoms with van der Waals surface area (Å²) in [7, 11) is 1.59. The number of rotatable bonds is 6. The Morgan fingerprint density at radius 1 is 0.943 bits per heavy atom. The van der Waals surface area contributed by atoms with Crippen LogP contribution < -0.4 is 20.4 Å². The van der Waals surface area contributed by atoms with Crippen LogP contribution >= 0.6 is 11.6 Å². The average Bonchev–Trinajstić information content (AvgIpc) is 2.89. The molecule has 1 aliphatic rings. The number of benzene rings is 3. The van der Waals surface area contributed by atoms with Crippen LogP contribution in [0.4, 0.5) is 0 Å². The molecule has 0 saturated carbocycles. The van der Waals surface area contributed by atoms with Crippen LogP contribution in [0.1, 0.15) is 26.2 Å². The van der Waals surface area contributed by atoms with Crippen LogP contribution in [0.25, 0.3) is 33.2 Å². The van der Waals surface area contributed by atoms with Gasteiger partial charge < -0.3 is 19.2 Å². The summed E-state index contributed by atoms with van der Waals surface area (Å²) >= 11 is 6.11. The Morgan fingerprint density at radius 2 is 1.63 bits per heavy atom. The van der Waals surface area contributed by atoms with E-state index in [1.165, 1.54) is 12.8 Å². The highest BCUT2D eigenvalue weighted by Crippen LogP contribution is 2.38. The van der Waals surface area contributed by atoms with E-state index in [1.54, 1.807) is 25.3 Å². The largest absolute Gasteiger partial charge is 0.497 e. The zero-order valence-corrected chi connectivity index (χ0v) is 20.6. The molecule has 4 aromatic rings. The second kappa shape index (κ2) is 10.1. The van der Waals surface area contributed by atoms with Crippen LogP contribution in [0.15, 0.2) is 75.9 Å². The van der Waals surface area contributed by atoms with E-state index in [2.05, 4.69) is 12.2 Å². The fourth-order valence-electron chi connectivity index (χ4n) is 4.76. The van der Waals surface area contributed by atoms with Crippen molar-refractivity contribution >= 4 is 22.6 Å². The van der Waals surface area contributed by atoms with Crippen molar-refractivity contribution in [2.45, 2.75) is 38.3 Å². The van der Waals surface area contributed by atoms with E-state index in [0.29, 0.717) is 28.0 Å². The number of hydrogen-bond donors (Lipinski definition) is 1. The maximum atomic E-state index is 13.2. The zero-order chi connectivity index (χ0) is 24.4. The molecule has 0 spiro atoms. The lowest BCUT2D eigenvalue weighted by Gasteiger charge is -2.29. The maximum absolute atomic E-state index is 13.2. The molecule has 0 bridgehead atoms. The molecule has 5 rings (SSSR count). The summed E-state index contributed by atoms with van der Waals surface area (Å²) in [6, 6.07) is 21.0. The molecular weight excluding hydrogens is 462 g/mol. The standard InChI is InChI=1S/C29H28ClNO4/c1-18(25-5-3-4-16-31-25)34-22-12-8-19(9-13-22)27-24-15-14-23(33-2)17-26(24)35-29(32)28(27)20-6-10-21(30)11-7-20/h6-15,17-18,25,31H,3-5,16H2,1-2H3. The van der Waals surface area contributed by atoms with Gasteiger partial charge in [-0.05, 0) is 73.8 Å². The second-order valence-corrected chi connectivity index (χ2v) is 9.35. The van der Waals surface area contributed by atoms with Crippen LogP contribution in [-0.4, -0.2) is 25.8 Å². The third kappa shape index (κ3) is 4.93. The Morgan fingerprint density at radius 3 is 2.31 bits per heavy atom. The topological polar surface area (TPSA) is 60.7 Å². The molecule has 2 heterocycles. The molecule has 180 valence electrons. The molecule has 0 amide bonds. The number of piperidine rings is 1. The van der Waals surface area contributed by atoms with Crippen molar-refractivity contribution in [3.63, 3.8) is 0 Å². The smallest absolute Gasteiger partial charge is 0.344 e. The van der Waals surface area contributed by atoms with Crippen molar-refractivity contribution in [2.24, 2.45) is 0 Å². The van der Waals surface area contributed by atoms with Crippen molar-refractivity contribution in [1.29, 1.82) is 0 Å². The number of hydrogen-bond acceptors (Lipinski definition) is 5. The summed E-state index contributed by atoms with van der Waals surface area (Å²) in [6.07, 6.45) is 3.65. The van der Waals surface area contributed by atoms with Gasteiger partial charge in [-0.2, -0.15) is 0 Å². The lowest BCUT2D eigenvalue weighted by atomic mass is 9.93. The number of fused-ring (bicyclic) bond motifs is 1. The molecular formula is C29H28ClNO4. The van der Waals surface area contributed by atoms with Gasteiger partial charge in [0, 0.05) is 28.1 Å². The number of nitrogens with one attached hydrogen (secondary N) is 1. The molecule has 5 nitrogen and oxygen atoms in total. The van der Waals surface area contributed by atoms with Crippen LogP contribution in [0, 0.1) is 0 Å². The van der Waals surface area contributed by atoms with Gasteiger partial charge in [0.15, 0.2) is 0 Å². The van der Waals surface area contributed by atoms with Crippen LogP contribution in [-0.2, 0) is 0 Å². The van der Waals surface area contributed by atoms with Crippen molar-refractivity contribution in [2.75, 3.05) is 13.7 Å². The van der Waals surface area contributed by atoms with E-state index in [1.807, 2.05) is 48.5 Å². The zero-order valence-electron chi connectivity index (χ0n) is 19.8. The van der Waals surface area contributed by atoms with Crippen LogP contribution in [0.3, 0.4) is 0 Å². The summed E-state index contributed by atoms with van der Waals surface area (Å²) in [5, 5.41) is 4.98. The Labute approximate surface area is 209 Å². The first-order valence-corrected chi connectivity index (χ1v) is 12.3. The molecule has 0 radical (unpaired) electrons. The molecule has 0 aliphatic carbocycles. The number of halogens is 1. The van der Waals surface area contributed by atoms with Gasteiger partial charge in [-0.1, -0.05) is 42.3 Å². The molecule has 35 heavy (non-hydrogen) atoms. The summed E-state index contributed by atoms with van der Waals surface area (Å²) in [5.74, 6) is 1.43. The fourth-order valence-corrected chi connectivity index (χ4v) is 4.89. The minimum Gasteiger partial charge on any atom is -0.497 e. The van der Waals surface area contributed by atoms with Crippen LogP contribution in [0.5, 0.6) is 11.5 Å². The summed E-state index contributed by atoms with van der Waals surface area (Å²) in [4.78, 5) is 13.2. The van der Waals surface area contributed by atoms with E-state index < -0.39 is 5.63 Å². The monoisotopic (exact) mass is 489 g/mol. The summed E-state index contributed by atoms with van der Waals surface area (Å²) < 4.78 is 17.3. The van der Waals surface area contributed by atoms with Crippen molar-refractivity contribution in [3.05, 3.63) is 82.2 Å². The molecule has 2 unspecified atom stereocenters. The lowest BCUT2D eigenvalue weighted by molar-refractivity contribution is 0.152. The predicted molar refractivity (Wildman–Crippen MR) is 141 cm³/mol. The minimum absolute atomic E-state index is 0.0721. The third-order valence-electron chi connectivity index (χ3n) is 6.63. The quantitative estimate of drug-likeness (QED) is 0.305. The molecule has 1 aromatic heterocycles. The van der Waals surface area contributed by atoms with Gasteiger partial charge in [0.1, 0.15) is 23.2 Å². The second-order valence-electron chi connectivity index (χ2n) is 8.91. The predicted octanol–water partition coefficient (Wildman–Crippen LogP) is 6.70. The van der Waals surface area contributed by atoms with Gasteiger partial charge in [-0.15, -0.1) is 0 Å². The molecule has 2 atom stereocenters. The normalized spacial score (nSPS) is 16.7. The van der Waals surface area contributed by atoms with Crippen molar-refractivity contribution in [3.8, 4) is 33.8 Å². The van der Waals surface area contributed by atoms with E-state index in [9.17, 15) is 4.79 Å². The van der Waals surface area contributed by atoms with Gasteiger partial charge in [-0.25, -0.2) is 4.79 Å². The Hall–Kier alpha value is -3.28. The highest BCUT2D eigenvalue weighted by molar-refractivity contribution is 6.30. The van der Waals surface area contributed by atoms with E-state index in [4.69, 9.17) is 25.5 Å². The minimum atomic E-state index is -0.416. The van der Waals surface area contributed by atoms with Crippen LogP contribution in [0.2, 0.25) is 5.02 Å². The average molecular weight is 490 g/mol. The fraction of sp³-hybridized carbons (Fsp3) is 0.276. The van der Waals surface area contributed by atoms with E-state index >= 15 is 0 Å². The lowest BCUT2D eigenvalue weighted by Crippen LogP contribution is -2.44. The Balaban J connectivity index is 1.58. The van der Waals surface area contributed by atoms with E-state index in [-0.39, 0.29) is 6.10 Å². The molecule has 1 fully saturated rings. The van der Waals surface area contributed by atoms with Gasteiger partial charge in [0.2, 0.25) is 0 Å². The SMILES string of the molecule is COc1ccc2c(-c3ccc(OC(C)C4CCCCN4)cc3)c(-c3ccc(Cl)cc3)c(=O)oc2c1. The third-order valence-corrected chi connectivity index (χ3v) is 6.88. The molecule has 3 aromatic carbocycles. The first-order valence-electron chi connectivity index (χ1n) is 11.9. The highest BCUT2D eigenvalue weighted by Gasteiger charge is 2.22. The Kier molecular flexibility index (Phi) is 6.80. The van der Waals surface area contributed by atoms with Crippen molar-refractivity contribution in [1.82, 2.24) is 5.32 Å². The van der Waals surface area contributed by atoms with Gasteiger partial charge in [-0.3, -0.25) is 0 Å².